The van der Waals surface area contributed by atoms with Gasteiger partial charge < -0.3 is 9.47 Å². The summed E-state index contributed by atoms with van der Waals surface area (Å²) in [6.07, 6.45) is 3.77. The van der Waals surface area contributed by atoms with Gasteiger partial charge >= 0.3 is 5.97 Å². The van der Waals surface area contributed by atoms with E-state index in [1.807, 2.05) is 49.4 Å². The second kappa shape index (κ2) is 8.49. The summed E-state index contributed by atoms with van der Waals surface area (Å²) in [7, 11) is 0. The molecule has 2 aromatic carbocycles. The minimum absolute atomic E-state index is 0.280. The van der Waals surface area contributed by atoms with E-state index >= 15 is 0 Å². The highest BCUT2D eigenvalue weighted by molar-refractivity contribution is 14.1. The van der Waals surface area contributed by atoms with E-state index in [-0.39, 0.29) is 5.70 Å². The molecule has 5 heteroatoms. The lowest BCUT2D eigenvalue weighted by atomic mass is 10.1. The van der Waals surface area contributed by atoms with Gasteiger partial charge in [0.15, 0.2) is 5.70 Å². The van der Waals surface area contributed by atoms with Crippen LogP contribution in [-0.2, 0) is 9.53 Å². The monoisotopic (exact) mass is 461 g/mol. The Morgan fingerprint density at radius 2 is 2.04 bits per heavy atom. The van der Waals surface area contributed by atoms with Crippen molar-refractivity contribution in [2.24, 2.45) is 4.99 Å². The standard InChI is InChI=1S/C21H20INO3/c1-3-4-11-25-19-8-6-5-7-15(19)13-18-21(24)26-20(23-18)16-9-10-17(22)14(2)12-16/h5-10,12-13H,3-4,11H2,1-2H3/b18-13-. The number of cyclic esters (lactones) is 1. The zero-order valence-electron chi connectivity index (χ0n) is 14.8. The van der Waals surface area contributed by atoms with Crippen LogP contribution in [0.15, 0.2) is 53.2 Å². The van der Waals surface area contributed by atoms with Crippen LogP contribution in [0, 0.1) is 10.5 Å². The van der Waals surface area contributed by atoms with Gasteiger partial charge in [0.2, 0.25) is 5.90 Å². The SMILES string of the molecule is CCCCOc1ccccc1/C=C1\N=C(c2ccc(I)c(C)c2)OC1=O. The lowest BCUT2D eigenvalue weighted by Crippen LogP contribution is -2.06. The van der Waals surface area contributed by atoms with E-state index in [0.29, 0.717) is 12.5 Å². The zero-order valence-corrected chi connectivity index (χ0v) is 16.9. The predicted octanol–water partition coefficient (Wildman–Crippen LogP) is 5.12. The normalized spacial score (nSPS) is 15.1. The van der Waals surface area contributed by atoms with Gasteiger partial charge in [0, 0.05) is 14.7 Å². The minimum Gasteiger partial charge on any atom is -0.493 e. The lowest BCUT2D eigenvalue weighted by Gasteiger charge is -2.08. The van der Waals surface area contributed by atoms with E-state index in [1.54, 1.807) is 6.08 Å². The summed E-state index contributed by atoms with van der Waals surface area (Å²) in [5.74, 6) is 0.639. The van der Waals surface area contributed by atoms with Crippen molar-refractivity contribution >= 4 is 40.5 Å². The molecule has 0 aliphatic carbocycles. The molecule has 0 aromatic heterocycles. The zero-order chi connectivity index (χ0) is 18.5. The number of nitrogens with zero attached hydrogens (tertiary/aromatic N) is 1. The summed E-state index contributed by atoms with van der Waals surface area (Å²) in [4.78, 5) is 16.6. The maximum Gasteiger partial charge on any atom is 0.363 e. The van der Waals surface area contributed by atoms with Gasteiger partial charge in [-0.15, -0.1) is 0 Å². The van der Waals surface area contributed by atoms with Gasteiger partial charge in [0.05, 0.1) is 6.61 Å². The number of rotatable bonds is 6. The number of unbranched alkanes of at least 4 members (excludes halogenated alkanes) is 1. The number of aryl methyl sites for hydroxylation is 1. The van der Waals surface area contributed by atoms with Crippen LogP contribution in [0.1, 0.15) is 36.5 Å². The molecule has 4 nitrogen and oxygen atoms in total. The quantitative estimate of drug-likeness (QED) is 0.260. The van der Waals surface area contributed by atoms with Crippen molar-refractivity contribution in [1.82, 2.24) is 0 Å². The number of para-hydroxylation sites is 1. The first-order valence-electron chi connectivity index (χ1n) is 8.59. The Morgan fingerprint density at radius 1 is 1.23 bits per heavy atom. The Kier molecular flexibility index (Phi) is 6.08. The molecule has 1 aliphatic rings. The summed E-state index contributed by atoms with van der Waals surface area (Å²) < 4.78 is 12.3. The number of ether oxygens (including phenoxy) is 2. The third-order valence-corrected chi connectivity index (χ3v) is 5.20. The fourth-order valence-corrected chi connectivity index (χ4v) is 2.85. The van der Waals surface area contributed by atoms with E-state index in [9.17, 15) is 4.79 Å². The Bertz CT molecular complexity index is 887. The fourth-order valence-electron chi connectivity index (χ4n) is 2.52. The van der Waals surface area contributed by atoms with Crippen molar-refractivity contribution in [3.05, 3.63) is 68.4 Å². The maximum absolute atomic E-state index is 12.2. The number of aliphatic imine (C=N–C) groups is 1. The van der Waals surface area contributed by atoms with Gasteiger partial charge in [-0.05, 0) is 71.8 Å². The van der Waals surface area contributed by atoms with Crippen LogP contribution in [0.2, 0.25) is 0 Å². The molecule has 0 atom stereocenters. The molecule has 0 N–H and O–H groups in total. The Balaban J connectivity index is 1.88. The third-order valence-electron chi connectivity index (χ3n) is 3.99. The highest BCUT2D eigenvalue weighted by Crippen LogP contribution is 2.25. The molecule has 0 radical (unpaired) electrons. The maximum atomic E-state index is 12.2. The highest BCUT2D eigenvalue weighted by Gasteiger charge is 2.24. The summed E-state index contributed by atoms with van der Waals surface area (Å²) in [5.41, 5.74) is 3.02. The largest absolute Gasteiger partial charge is 0.493 e. The van der Waals surface area contributed by atoms with E-state index in [0.717, 1.165) is 38.9 Å². The Morgan fingerprint density at radius 3 is 2.81 bits per heavy atom. The summed E-state index contributed by atoms with van der Waals surface area (Å²) in [5, 5.41) is 0. The fraction of sp³-hybridized carbons (Fsp3) is 0.238. The van der Waals surface area contributed by atoms with E-state index < -0.39 is 5.97 Å². The topological polar surface area (TPSA) is 47.9 Å². The second-order valence-corrected chi connectivity index (χ2v) is 7.20. The van der Waals surface area contributed by atoms with Crippen molar-refractivity contribution in [3.8, 4) is 5.75 Å². The van der Waals surface area contributed by atoms with Gasteiger partial charge in [0.25, 0.3) is 0 Å². The molecule has 0 saturated heterocycles. The van der Waals surface area contributed by atoms with Crippen LogP contribution in [0.4, 0.5) is 0 Å². The van der Waals surface area contributed by atoms with Gasteiger partial charge in [-0.25, -0.2) is 9.79 Å². The molecule has 0 saturated carbocycles. The van der Waals surface area contributed by atoms with Gasteiger partial charge in [-0.2, -0.15) is 0 Å². The molecule has 3 rings (SSSR count). The number of hydrogen-bond donors (Lipinski definition) is 0. The van der Waals surface area contributed by atoms with Crippen molar-refractivity contribution in [2.45, 2.75) is 26.7 Å². The molecule has 134 valence electrons. The highest BCUT2D eigenvalue weighted by atomic mass is 127. The number of carbonyl (C=O) groups excluding carboxylic acids is 1. The average molecular weight is 461 g/mol. The lowest BCUT2D eigenvalue weighted by molar-refractivity contribution is -0.129. The molecular weight excluding hydrogens is 441 g/mol. The van der Waals surface area contributed by atoms with Crippen LogP contribution in [0.5, 0.6) is 5.75 Å². The molecule has 0 bridgehead atoms. The predicted molar refractivity (Wildman–Crippen MR) is 111 cm³/mol. The van der Waals surface area contributed by atoms with Crippen molar-refractivity contribution in [1.29, 1.82) is 0 Å². The van der Waals surface area contributed by atoms with E-state index in [4.69, 9.17) is 9.47 Å². The van der Waals surface area contributed by atoms with Gasteiger partial charge in [-0.1, -0.05) is 31.5 Å². The third kappa shape index (κ3) is 4.33. The van der Waals surface area contributed by atoms with Gasteiger partial charge in [0.1, 0.15) is 5.75 Å². The van der Waals surface area contributed by atoms with Gasteiger partial charge in [-0.3, -0.25) is 0 Å². The van der Waals surface area contributed by atoms with Crippen molar-refractivity contribution in [3.63, 3.8) is 0 Å². The Hall–Kier alpha value is -2.15. The summed E-state index contributed by atoms with van der Waals surface area (Å²) in [6, 6.07) is 13.5. The average Bonchev–Trinajstić information content (AvgIpc) is 3.00. The van der Waals surface area contributed by atoms with E-state index in [1.165, 1.54) is 0 Å². The first kappa shape index (κ1) is 18.6. The van der Waals surface area contributed by atoms with E-state index in [2.05, 4.69) is 34.5 Å². The number of hydrogen-bond acceptors (Lipinski definition) is 4. The number of carbonyl (C=O) groups is 1. The first-order valence-corrected chi connectivity index (χ1v) is 9.67. The molecular formula is C21H20INO3. The number of esters is 1. The molecule has 2 aromatic rings. The van der Waals surface area contributed by atoms with Crippen LogP contribution in [0.25, 0.3) is 6.08 Å². The summed E-state index contributed by atoms with van der Waals surface area (Å²) in [6.45, 7) is 4.79. The van der Waals surface area contributed by atoms with Crippen LogP contribution >= 0.6 is 22.6 Å². The number of halogens is 1. The van der Waals surface area contributed by atoms with Crippen LogP contribution < -0.4 is 4.74 Å². The van der Waals surface area contributed by atoms with Crippen LogP contribution in [0.3, 0.4) is 0 Å². The molecule has 0 fully saturated rings. The smallest absolute Gasteiger partial charge is 0.363 e. The molecule has 26 heavy (non-hydrogen) atoms. The molecule has 0 amide bonds. The van der Waals surface area contributed by atoms with Crippen molar-refractivity contribution in [2.75, 3.05) is 6.61 Å². The molecule has 0 spiro atoms. The van der Waals surface area contributed by atoms with Crippen molar-refractivity contribution < 1.29 is 14.3 Å². The number of benzene rings is 2. The molecule has 0 unspecified atom stereocenters. The minimum atomic E-state index is -0.445. The first-order chi connectivity index (χ1) is 12.6. The second-order valence-electron chi connectivity index (χ2n) is 6.04. The molecule has 1 aliphatic heterocycles. The Labute approximate surface area is 167 Å². The molecule has 1 heterocycles. The van der Waals surface area contributed by atoms with Crippen LogP contribution in [-0.4, -0.2) is 18.5 Å². The summed E-state index contributed by atoms with van der Waals surface area (Å²) >= 11 is 2.27.